The van der Waals surface area contributed by atoms with Crippen LogP contribution in [0, 0.1) is 19.8 Å². The van der Waals surface area contributed by atoms with Gasteiger partial charge in [0.25, 0.3) is 5.91 Å². The highest BCUT2D eigenvalue weighted by Crippen LogP contribution is 2.24. The van der Waals surface area contributed by atoms with Crippen molar-refractivity contribution in [1.29, 1.82) is 0 Å². The van der Waals surface area contributed by atoms with E-state index in [-0.39, 0.29) is 11.7 Å². The summed E-state index contributed by atoms with van der Waals surface area (Å²) in [6, 6.07) is 12.9. The van der Waals surface area contributed by atoms with Crippen LogP contribution in [0.3, 0.4) is 0 Å². The van der Waals surface area contributed by atoms with Crippen LogP contribution in [0.25, 0.3) is 0 Å². The van der Waals surface area contributed by atoms with Crippen molar-refractivity contribution in [1.82, 2.24) is 10.2 Å². The first-order chi connectivity index (χ1) is 13.5. The molecule has 4 nitrogen and oxygen atoms in total. The number of carbonyl (C=O) groups excluding carboxylic acids is 2. The first-order valence-corrected chi connectivity index (χ1v) is 10.2. The van der Waals surface area contributed by atoms with Gasteiger partial charge in [0.1, 0.15) is 0 Å². The molecule has 1 fully saturated rings. The van der Waals surface area contributed by atoms with Crippen molar-refractivity contribution in [2.75, 3.05) is 26.7 Å². The molecule has 1 saturated heterocycles. The van der Waals surface area contributed by atoms with Gasteiger partial charge in [0, 0.05) is 24.2 Å². The van der Waals surface area contributed by atoms with Crippen molar-refractivity contribution in [2.45, 2.75) is 33.1 Å². The summed E-state index contributed by atoms with van der Waals surface area (Å²) < 4.78 is 0. The van der Waals surface area contributed by atoms with Crippen molar-refractivity contribution in [3.8, 4) is 0 Å². The zero-order valence-corrected chi connectivity index (χ0v) is 17.1. The average Bonchev–Trinajstić information content (AvgIpc) is 2.73. The minimum atomic E-state index is -0.0871. The van der Waals surface area contributed by atoms with Crippen LogP contribution in [0.1, 0.15) is 56.7 Å². The Labute approximate surface area is 167 Å². The third kappa shape index (κ3) is 4.50. The lowest BCUT2D eigenvalue weighted by molar-refractivity contribution is 0.0683. The number of ketones is 1. The van der Waals surface area contributed by atoms with Gasteiger partial charge in [0.2, 0.25) is 0 Å². The third-order valence-corrected chi connectivity index (χ3v) is 5.88. The lowest BCUT2D eigenvalue weighted by Crippen LogP contribution is -2.39. The lowest BCUT2D eigenvalue weighted by Gasteiger charge is -2.32. The van der Waals surface area contributed by atoms with E-state index < -0.39 is 0 Å². The van der Waals surface area contributed by atoms with Crippen LogP contribution in [0.2, 0.25) is 0 Å². The molecule has 2 aromatic carbocycles. The quantitative estimate of drug-likeness (QED) is 0.773. The fourth-order valence-electron chi connectivity index (χ4n) is 3.85. The monoisotopic (exact) mass is 378 g/mol. The Morgan fingerprint density at radius 3 is 2.32 bits per heavy atom. The SMILES string of the molecule is CNCCC1CCN(C(=O)c2ccccc2C(=O)c2ccc(C)c(C)c2)CC1. The standard InChI is InChI=1S/C24H30N2O2/c1-17-8-9-20(16-18(17)2)23(27)21-6-4-5-7-22(21)24(28)26-14-11-19(12-15-26)10-13-25-3/h4-9,16,19,25H,10-15H2,1-3H3. The van der Waals surface area contributed by atoms with E-state index in [1.165, 1.54) is 0 Å². The average molecular weight is 379 g/mol. The Morgan fingerprint density at radius 1 is 1.00 bits per heavy atom. The highest BCUT2D eigenvalue weighted by atomic mass is 16.2. The fraction of sp³-hybridized carbons (Fsp3) is 0.417. The molecule has 0 aliphatic carbocycles. The number of amides is 1. The van der Waals surface area contributed by atoms with Crippen LogP contribution in [-0.4, -0.2) is 43.3 Å². The summed E-state index contributed by atoms with van der Waals surface area (Å²) in [4.78, 5) is 28.2. The van der Waals surface area contributed by atoms with E-state index in [0.29, 0.717) is 22.6 Å². The van der Waals surface area contributed by atoms with Gasteiger partial charge in [-0.3, -0.25) is 9.59 Å². The second kappa shape index (κ2) is 9.16. The molecule has 1 N–H and O–H groups in total. The second-order valence-corrected chi connectivity index (χ2v) is 7.80. The molecule has 1 aliphatic heterocycles. The van der Waals surface area contributed by atoms with Gasteiger partial charge in [-0.25, -0.2) is 0 Å². The Balaban J connectivity index is 1.77. The minimum Gasteiger partial charge on any atom is -0.339 e. The molecule has 0 atom stereocenters. The van der Waals surface area contributed by atoms with Crippen LogP contribution < -0.4 is 5.32 Å². The van der Waals surface area contributed by atoms with Gasteiger partial charge in [-0.2, -0.15) is 0 Å². The Morgan fingerprint density at radius 2 is 1.68 bits per heavy atom. The molecule has 2 aromatic rings. The maximum absolute atomic E-state index is 13.2. The number of nitrogens with zero attached hydrogens (tertiary/aromatic N) is 1. The van der Waals surface area contributed by atoms with Gasteiger partial charge in [-0.05, 0) is 75.9 Å². The molecule has 148 valence electrons. The molecule has 1 amide bonds. The largest absolute Gasteiger partial charge is 0.339 e. The van der Waals surface area contributed by atoms with Gasteiger partial charge >= 0.3 is 0 Å². The molecule has 0 unspecified atom stereocenters. The van der Waals surface area contributed by atoms with Gasteiger partial charge in [-0.15, -0.1) is 0 Å². The summed E-state index contributed by atoms with van der Waals surface area (Å²) in [5, 5.41) is 3.20. The van der Waals surface area contributed by atoms with E-state index in [2.05, 4.69) is 5.32 Å². The predicted molar refractivity (Wildman–Crippen MR) is 113 cm³/mol. The molecule has 0 radical (unpaired) electrons. The van der Waals surface area contributed by atoms with Gasteiger partial charge < -0.3 is 10.2 Å². The van der Waals surface area contributed by atoms with Gasteiger partial charge in [0.15, 0.2) is 5.78 Å². The number of likely N-dealkylation sites (tertiary alicyclic amines) is 1. The van der Waals surface area contributed by atoms with E-state index in [1.807, 2.05) is 56.1 Å². The topological polar surface area (TPSA) is 49.4 Å². The Kier molecular flexibility index (Phi) is 6.63. The number of hydrogen-bond donors (Lipinski definition) is 1. The first-order valence-electron chi connectivity index (χ1n) is 10.2. The third-order valence-electron chi connectivity index (χ3n) is 5.88. The normalized spacial score (nSPS) is 14.9. The number of aryl methyl sites for hydroxylation is 2. The van der Waals surface area contributed by atoms with E-state index in [9.17, 15) is 9.59 Å². The fourth-order valence-corrected chi connectivity index (χ4v) is 3.85. The molecular formula is C24H30N2O2. The maximum atomic E-state index is 13.2. The van der Waals surface area contributed by atoms with Crippen LogP contribution in [0.4, 0.5) is 0 Å². The summed E-state index contributed by atoms with van der Waals surface area (Å²) in [6.07, 6.45) is 3.21. The summed E-state index contributed by atoms with van der Waals surface area (Å²) >= 11 is 0. The molecule has 1 aliphatic rings. The summed E-state index contributed by atoms with van der Waals surface area (Å²) in [6.45, 7) is 6.58. The molecule has 28 heavy (non-hydrogen) atoms. The molecule has 0 aromatic heterocycles. The smallest absolute Gasteiger partial charge is 0.254 e. The number of rotatable bonds is 6. The summed E-state index contributed by atoms with van der Waals surface area (Å²) in [5.74, 6) is 0.555. The number of piperidine rings is 1. The summed E-state index contributed by atoms with van der Waals surface area (Å²) in [7, 11) is 1.97. The van der Waals surface area contributed by atoms with Gasteiger partial charge in [-0.1, -0.05) is 30.3 Å². The van der Waals surface area contributed by atoms with Crippen LogP contribution in [0.15, 0.2) is 42.5 Å². The van der Waals surface area contributed by atoms with Crippen molar-refractivity contribution in [3.63, 3.8) is 0 Å². The van der Waals surface area contributed by atoms with Crippen LogP contribution >= 0.6 is 0 Å². The maximum Gasteiger partial charge on any atom is 0.254 e. The van der Waals surface area contributed by atoms with Crippen LogP contribution in [0.5, 0.6) is 0 Å². The Bertz CT molecular complexity index is 851. The molecule has 1 heterocycles. The molecule has 0 bridgehead atoms. The first kappa shape index (κ1) is 20.3. The van der Waals surface area contributed by atoms with E-state index >= 15 is 0 Å². The number of carbonyl (C=O) groups is 2. The zero-order chi connectivity index (χ0) is 20.1. The number of nitrogens with one attached hydrogen (secondary N) is 1. The van der Waals surface area contributed by atoms with Crippen molar-refractivity contribution in [2.24, 2.45) is 5.92 Å². The highest BCUT2D eigenvalue weighted by Gasteiger charge is 2.26. The zero-order valence-electron chi connectivity index (χ0n) is 17.1. The molecule has 0 spiro atoms. The Hall–Kier alpha value is -2.46. The minimum absolute atomic E-state index is 0.0279. The molecule has 0 saturated carbocycles. The highest BCUT2D eigenvalue weighted by molar-refractivity contribution is 6.15. The predicted octanol–water partition coefficient (Wildman–Crippen LogP) is 4.00. The van der Waals surface area contributed by atoms with Crippen molar-refractivity contribution >= 4 is 11.7 Å². The molecule has 4 heteroatoms. The van der Waals surface area contributed by atoms with E-state index in [0.717, 1.165) is 50.0 Å². The van der Waals surface area contributed by atoms with E-state index in [1.54, 1.807) is 12.1 Å². The van der Waals surface area contributed by atoms with Crippen molar-refractivity contribution < 1.29 is 9.59 Å². The van der Waals surface area contributed by atoms with E-state index in [4.69, 9.17) is 0 Å². The van der Waals surface area contributed by atoms with Crippen molar-refractivity contribution in [3.05, 3.63) is 70.3 Å². The number of hydrogen-bond acceptors (Lipinski definition) is 3. The second-order valence-electron chi connectivity index (χ2n) is 7.80. The number of benzene rings is 2. The van der Waals surface area contributed by atoms with Gasteiger partial charge in [0.05, 0.1) is 5.56 Å². The molecular weight excluding hydrogens is 348 g/mol. The molecule has 3 rings (SSSR count). The lowest BCUT2D eigenvalue weighted by atomic mass is 9.92. The summed E-state index contributed by atoms with van der Waals surface area (Å²) in [5.41, 5.74) is 3.88. The van der Waals surface area contributed by atoms with Crippen LogP contribution in [-0.2, 0) is 0 Å².